The van der Waals surface area contributed by atoms with Gasteiger partial charge in [-0.3, -0.25) is 14.6 Å². The van der Waals surface area contributed by atoms with Gasteiger partial charge in [0.05, 0.1) is 29.0 Å². The van der Waals surface area contributed by atoms with E-state index in [2.05, 4.69) is 4.98 Å². The van der Waals surface area contributed by atoms with Gasteiger partial charge in [0.2, 0.25) is 5.78 Å². The molecule has 0 spiro atoms. The van der Waals surface area contributed by atoms with Crippen molar-refractivity contribution in [1.82, 2.24) is 9.88 Å². The molecule has 1 aliphatic rings. The summed E-state index contributed by atoms with van der Waals surface area (Å²) in [4.78, 5) is 31.8. The number of benzene rings is 1. The van der Waals surface area contributed by atoms with E-state index in [1.165, 1.54) is 0 Å². The number of amides is 1. The molecule has 2 heterocycles. The number of pyridine rings is 1. The van der Waals surface area contributed by atoms with Gasteiger partial charge in [-0.2, -0.15) is 0 Å². The summed E-state index contributed by atoms with van der Waals surface area (Å²) in [5, 5.41) is 7.68. The minimum Gasteiger partial charge on any atom is -0.486 e. The number of hydrogen-bond donors (Lipinski definition) is 1. The molecule has 6 nitrogen and oxygen atoms in total. The predicted molar refractivity (Wildman–Crippen MR) is 130 cm³/mol. The van der Waals surface area contributed by atoms with Gasteiger partial charge in [0, 0.05) is 17.8 Å². The number of aromatic nitrogens is 1. The van der Waals surface area contributed by atoms with E-state index in [1.807, 2.05) is 58.0 Å². The van der Waals surface area contributed by atoms with Gasteiger partial charge in [0.15, 0.2) is 0 Å². The normalized spacial score (nSPS) is 13.7. The monoisotopic (exact) mass is 465 g/mol. The molecule has 0 saturated carbocycles. The number of nitrogens with one attached hydrogen (secondary N) is 1. The molecular weight excluding hydrogens is 438 g/mol. The summed E-state index contributed by atoms with van der Waals surface area (Å²) in [6, 6.07) is 9.34. The molecule has 1 aliphatic heterocycles. The molecule has 2 aromatic rings. The Balaban J connectivity index is 1.86. The third-order valence-corrected chi connectivity index (χ3v) is 5.80. The number of carbonyl (C=O) groups excluding carboxylic acids is 2. The second-order valence-corrected chi connectivity index (χ2v) is 8.72. The van der Waals surface area contributed by atoms with Gasteiger partial charge in [0.25, 0.3) is 5.91 Å². The Morgan fingerprint density at radius 1 is 1.24 bits per heavy atom. The number of nitrogens with zero attached hydrogens (tertiary/aromatic N) is 2. The van der Waals surface area contributed by atoms with Gasteiger partial charge in [-0.15, -0.1) is 0 Å². The number of hydrogen-bond acceptors (Lipinski definition) is 5. The van der Waals surface area contributed by atoms with Gasteiger partial charge in [-0.1, -0.05) is 35.4 Å². The standard InChI is InChI=1S/C26H28ClN3O3/c1-16(2)12-17(3)21(22(31)13-28)14-30-11-10-19-8-9-23(25(27)24(19)26(30)32)33-15-20-7-5-6-18(4)29-20/h5-9,12-13,28H,10-11,14-15H2,1-4H3/b21-17-,28-13?. The van der Waals surface area contributed by atoms with Crippen LogP contribution in [0.5, 0.6) is 5.75 Å². The Labute approximate surface area is 199 Å². The molecule has 0 atom stereocenters. The first-order valence-corrected chi connectivity index (χ1v) is 11.1. The molecule has 1 N–H and O–H groups in total. The van der Waals surface area contributed by atoms with Crippen molar-refractivity contribution in [3.05, 3.63) is 80.7 Å². The molecule has 7 heteroatoms. The van der Waals surface area contributed by atoms with Crippen molar-refractivity contribution in [2.45, 2.75) is 40.7 Å². The maximum atomic E-state index is 13.4. The van der Waals surface area contributed by atoms with E-state index >= 15 is 0 Å². The van der Waals surface area contributed by atoms with Crippen molar-refractivity contribution in [2.75, 3.05) is 13.1 Å². The molecule has 0 radical (unpaired) electrons. The zero-order valence-electron chi connectivity index (χ0n) is 19.4. The van der Waals surface area contributed by atoms with E-state index in [0.29, 0.717) is 29.9 Å². The Bertz CT molecular complexity index is 1160. The SMILES string of the molecule is CC(C)=C/C(C)=C(/CN1CCc2ccc(OCc3cccc(C)n3)c(Cl)c2C1=O)C(=O)C=N. The zero-order chi connectivity index (χ0) is 24.1. The Morgan fingerprint density at radius 3 is 2.67 bits per heavy atom. The Morgan fingerprint density at radius 2 is 2.00 bits per heavy atom. The van der Waals surface area contributed by atoms with E-state index < -0.39 is 5.78 Å². The van der Waals surface area contributed by atoms with Crippen LogP contribution in [0.4, 0.5) is 0 Å². The van der Waals surface area contributed by atoms with Crippen LogP contribution in [-0.4, -0.2) is 40.9 Å². The number of rotatable bonds is 8. The summed E-state index contributed by atoms with van der Waals surface area (Å²) in [7, 11) is 0. The van der Waals surface area contributed by atoms with Crippen molar-refractivity contribution >= 4 is 29.5 Å². The maximum absolute atomic E-state index is 13.4. The molecule has 1 aromatic heterocycles. The molecule has 1 amide bonds. The zero-order valence-corrected chi connectivity index (χ0v) is 20.1. The van der Waals surface area contributed by atoms with Crippen LogP contribution < -0.4 is 4.74 Å². The smallest absolute Gasteiger partial charge is 0.256 e. The lowest BCUT2D eigenvalue weighted by Crippen LogP contribution is -2.40. The van der Waals surface area contributed by atoms with Gasteiger partial charge >= 0.3 is 0 Å². The first-order valence-electron chi connectivity index (χ1n) is 10.8. The topological polar surface area (TPSA) is 83.3 Å². The van der Waals surface area contributed by atoms with E-state index in [4.69, 9.17) is 21.7 Å². The largest absolute Gasteiger partial charge is 0.486 e. The Hall–Kier alpha value is -3.25. The number of halogens is 1. The van der Waals surface area contributed by atoms with Crippen LogP contribution in [0, 0.1) is 12.3 Å². The number of ketones is 1. The summed E-state index contributed by atoms with van der Waals surface area (Å²) in [5.41, 5.74) is 5.13. The van der Waals surface area contributed by atoms with Crippen LogP contribution in [0.15, 0.2) is 53.1 Å². The van der Waals surface area contributed by atoms with Crippen molar-refractivity contribution < 1.29 is 14.3 Å². The second-order valence-electron chi connectivity index (χ2n) is 8.34. The fraction of sp³-hybridized carbons (Fsp3) is 0.308. The highest BCUT2D eigenvalue weighted by atomic mass is 35.5. The lowest BCUT2D eigenvalue weighted by molar-refractivity contribution is -0.109. The molecule has 0 unspecified atom stereocenters. The van der Waals surface area contributed by atoms with E-state index in [1.54, 1.807) is 11.0 Å². The highest BCUT2D eigenvalue weighted by Gasteiger charge is 2.30. The molecule has 0 fully saturated rings. The molecule has 0 aliphatic carbocycles. The van der Waals surface area contributed by atoms with Gasteiger partial charge < -0.3 is 15.0 Å². The quantitative estimate of drug-likeness (QED) is 0.333. The number of fused-ring (bicyclic) bond motifs is 1. The first kappa shape index (κ1) is 24.4. The van der Waals surface area contributed by atoms with Crippen LogP contribution in [-0.2, 0) is 17.8 Å². The predicted octanol–water partition coefficient (Wildman–Crippen LogP) is 5.12. The van der Waals surface area contributed by atoms with Crippen LogP contribution >= 0.6 is 11.6 Å². The Kier molecular flexibility index (Phi) is 7.82. The highest BCUT2D eigenvalue weighted by molar-refractivity contribution is 6.36. The van der Waals surface area contributed by atoms with Crippen molar-refractivity contribution in [2.24, 2.45) is 0 Å². The third-order valence-electron chi connectivity index (χ3n) is 5.43. The van der Waals surface area contributed by atoms with Crippen molar-refractivity contribution in [1.29, 1.82) is 5.41 Å². The van der Waals surface area contributed by atoms with Crippen LogP contribution in [0.1, 0.15) is 48.1 Å². The lowest BCUT2D eigenvalue weighted by Gasteiger charge is -2.30. The van der Waals surface area contributed by atoms with E-state index in [9.17, 15) is 9.59 Å². The van der Waals surface area contributed by atoms with E-state index in [-0.39, 0.29) is 24.1 Å². The van der Waals surface area contributed by atoms with Crippen LogP contribution in [0.3, 0.4) is 0 Å². The molecule has 33 heavy (non-hydrogen) atoms. The third kappa shape index (κ3) is 5.76. The van der Waals surface area contributed by atoms with Gasteiger partial charge in [-0.05, 0) is 63.5 Å². The van der Waals surface area contributed by atoms with Crippen molar-refractivity contribution in [3.8, 4) is 5.75 Å². The summed E-state index contributed by atoms with van der Waals surface area (Å²) in [6.07, 6.45) is 3.30. The number of allylic oxidation sites excluding steroid dienone is 3. The molecule has 1 aromatic carbocycles. The fourth-order valence-corrected chi connectivity index (χ4v) is 4.16. The first-order chi connectivity index (χ1) is 15.7. The number of ether oxygens (including phenoxy) is 1. The molecule has 0 saturated heterocycles. The molecule has 3 rings (SSSR count). The fourth-order valence-electron chi connectivity index (χ4n) is 3.84. The lowest BCUT2D eigenvalue weighted by atomic mass is 9.96. The average Bonchev–Trinajstić information content (AvgIpc) is 2.77. The molecular formula is C26H28ClN3O3. The highest BCUT2D eigenvalue weighted by Crippen LogP contribution is 2.35. The minimum atomic E-state index is -0.405. The van der Waals surface area contributed by atoms with E-state index in [0.717, 1.165) is 34.3 Å². The maximum Gasteiger partial charge on any atom is 0.256 e. The summed E-state index contributed by atoms with van der Waals surface area (Å²) in [5.74, 6) is -0.237. The van der Waals surface area contributed by atoms with Crippen molar-refractivity contribution in [3.63, 3.8) is 0 Å². The van der Waals surface area contributed by atoms with Crippen LogP contribution in [0.2, 0.25) is 5.02 Å². The number of carbonyl (C=O) groups is 2. The van der Waals surface area contributed by atoms with Gasteiger partial charge in [0.1, 0.15) is 12.4 Å². The number of Topliss-reactive ketones (excluding diaryl/α,β-unsaturated/α-hetero) is 1. The summed E-state index contributed by atoms with van der Waals surface area (Å²) in [6.45, 7) is 8.43. The minimum absolute atomic E-state index is 0.122. The second kappa shape index (κ2) is 10.6. The van der Waals surface area contributed by atoms with Crippen LogP contribution in [0.25, 0.3) is 0 Å². The summed E-state index contributed by atoms with van der Waals surface area (Å²) < 4.78 is 5.88. The summed E-state index contributed by atoms with van der Waals surface area (Å²) >= 11 is 6.62. The van der Waals surface area contributed by atoms with Gasteiger partial charge in [-0.25, -0.2) is 0 Å². The molecule has 172 valence electrons. The molecule has 0 bridgehead atoms. The number of aryl methyl sites for hydroxylation is 1. The average molecular weight is 466 g/mol.